The van der Waals surface area contributed by atoms with Crippen molar-refractivity contribution in [1.29, 1.82) is 0 Å². The number of anilines is 1. The number of aromatic hydroxyl groups is 1. The first-order chi connectivity index (χ1) is 11.4. The van der Waals surface area contributed by atoms with E-state index in [0.29, 0.717) is 6.54 Å². The molecule has 0 aliphatic carbocycles. The Morgan fingerprint density at radius 3 is 2.58 bits per heavy atom. The Hall–Kier alpha value is -1.43. The van der Waals surface area contributed by atoms with Crippen LogP contribution in [-0.2, 0) is 9.84 Å². The number of hydrogen-bond donors (Lipinski definition) is 1. The zero-order valence-electron chi connectivity index (χ0n) is 12.8. The van der Waals surface area contributed by atoms with E-state index in [9.17, 15) is 13.5 Å². The molecule has 1 fully saturated rings. The third kappa shape index (κ3) is 3.63. The number of para-hydroxylation sites is 1. The smallest absolute Gasteiger partial charge is 0.182 e. The summed E-state index contributed by atoms with van der Waals surface area (Å²) in [5.74, 6) is -0.480. The van der Waals surface area contributed by atoms with E-state index in [2.05, 4.69) is 4.90 Å². The Labute approximate surface area is 151 Å². The van der Waals surface area contributed by atoms with Gasteiger partial charge in [-0.15, -0.1) is 0 Å². The third-order valence-corrected chi connectivity index (χ3v) is 6.59. The third-order valence-electron chi connectivity index (χ3n) is 4.19. The van der Waals surface area contributed by atoms with Gasteiger partial charge in [-0.3, -0.25) is 0 Å². The van der Waals surface area contributed by atoms with Crippen LogP contribution in [0.5, 0.6) is 5.75 Å². The average Bonchev–Trinajstić information content (AvgIpc) is 2.99. The van der Waals surface area contributed by atoms with Gasteiger partial charge < -0.3 is 10.0 Å². The lowest BCUT2D eigenvalue weighted by Crippen LogP contribution is -2.23. The van der Waals surface area contributed by atoms with Gasteiger partial charge in [-0.2, -0.15) is 0 Å². The van der Waals surface area contributed by atoms with Gasteiger partial charge in [0.25, 0.3) is 0 Å². The predicted molar refractivity (Wildman–Crippen MR) is 96.9 cm³/mol. The molecule has 0 bridgehead atoms. The number of phenolic OH excluding ortho intramolecular Hbond substituents is 1. The second-order valence-electron chi connectivity index (χ2n) is 5.95. The topological polar surface area (TPSA) is 57.6 Å². The predicted octanol–water partition coefficient (Wildman–Crippen LogP) is 4.00. The Balaban J connectivity index is 1.77. The van der Waals surface area contributed by atoms with E-state index in [1.807, 2.05) is 30.3 Å². The summed E-state index contributed by atoms with van der Waals surface area (Å²) in [7, 11) is -3.67. The average molecular weight is 386 g/mol. The number of benzene rings is 2. The van der Waals surface area contributed by atoms with Crippen molar-refractivity contribution >= 4 is 38.7 Å². The van der Waals surface area contributed by atoms with Gasteiger partial charge in [0.2, 0.25) is 0 Å². The van der Waals surface area contributed by atoms with Crippen molar-refractivity contribution in [2.24, 2.45) is 5.92 Å². The summed E-state index contributed by atoms with van der Waals surface area (Å²) in [6.07, 6.45) is 0.781. The van der Waals surface area contributed by atoms with Crippen molar-refractivity contribution in [3.8, 4) is 5.75 Å². The zero-order chi connectivity index (χ0) is 17.3. The number of sulfone groups is 1. The zero-order valence-corrected chi connectivity index (χ0v) is 15.2. The molecule has 0 radical (unpaired) electrons. The number of rotatable bonds is 4. The Morgan fingerprint density at radius 2 is 1.88 bits per heavy atom. The highest BCUT2D eigenvalue weighted by atomic mass is 35.5. The molecule has 7 heteroatoms. The molecule has 2 aromatic carbocycles. The number of phenols is 1. The monoisotopic (exact) mass is 385 g/mol. The SMILES string of the molecule is O=S(=O)(CC1CCN(c2ccccc2)C1)c1cc(Cl)cc(Cl)c1O. The Kier molecular flexibility index (Phi) is 4.95. The Morgan fingerprint density at radius 1 is 1.17 bits per heavy atom. The van der Waals surface area contributed by atoms with E-state index < -0.39 is 15.6 Å². The fourth-order valence-corrected chi connectivity index (χ4v) is 5.42. The molecule has 3 rings (SSSR count). The van der Waals surface area contributed by atoms with E-state index in [0.717, 1.165) is 18.7 Å². The second-order valence-corrected chi connectivity index (χ2v) is 8.80. The van der Waals surface area contributed by atoms with Crippen LogP contribution in [0.25, 0.3) is 0 Å². The molecule has 1 aliphatic heterocycles. The molecule has 0 spiro atoms. The summed E-state index contributed by atoms with van der Waals surface area (Å²) in [6.45, 7) is 1.48. The van der Waals surface area contributed by atoms with Crippen LogP contribution in [0.1, 0.15) is 6.42 Å². The van der Waals surface area contributed by atoms with Crippen LogP contribution in [0.2, 0.25) is 10.0 Å². The second kappa shape index (κ2) is 6.82. The van der Waals surface area contributed by atoms with Gasteiger partial charge in [0.1, 0.15) is 4.90 Å². The maximum absolute atomic E-state index is 12.7. The van der Waals surface area contributed by atoms with Crippen LogP contribution in [0.15, 0.2) is 47.4 Å². The fourth-order valence-electron chi connectivity index (χ4n) is 3.02. The van der Waals surface area contributed by atoms with Crippen LogP contribution in [-0.4, -0.2) is 32.4 Å². The molecule has 1 aliphatic rings. The quantitative estimate of drug-likeness (QED) is 0.863. The van der Waals surface area contributed by atoms with Crippen molar-refractivity contribution < 1.29 is 13.5 Å². The molecule has 1 atom stereocenters. The van der Waals surface area contributed by atoms with Gasteiger partial charge >= 0.3 is 0 Å². The largest absolute Gasteiger partial charge is 0.505 e. The first-order valence-electron chi connectivity index (χ1n) is 7.57. The van der Waals surface area contributed by atoms with Crippen LogP contribution < -0.4 is 4.90 Å². The van der Waals surface area contributed by atoms with Gasteiger partial charge in [-0.25, -0.2) is 8.42 Å². The summed E-state index contributed by atoms with van der Waals surface area (Å²) in [6, 6.07) is 12.5. The maximum Gasteiger partial charge on any atom is 0.182 e. The molecule has 0 saturated carbocycles. The standard InChI is InChI=1S/C17H17Cl2NO3S/c18-13-8-15(19)17(21)16(9-13)24(22,23)11-12-6-7-20(10-12)14-4-2-1-3-5-14/h1-5,8-9,12,21H,6-7,10-11H2. The van der Waals surface area contributed by atoms with Crippen LogP contribution in [0.3, 0.4) is 0 Å². The summed E-state index contributed by atoms with van der Waals surface area (Å²) in [5, 5.41) is 10.1. The highest BCUT2D eigenvalue weighted by molar-refractivity contribution is 7.91. The minimum atomic E-state index is -3.67. The molecule has 1 unspecified atom stereocenters. The maximum atomic E-state index is 12.7. The lowest BCUT2D eigenvalue weighted by Gasteiger charge is -2.18. The molecular weight excluding hydrogens is 369 g/mol. The molecule has 4 nitrogen and oxygen atoms in total. The van der Waals surface area contributed by atoms with E-state index >= 15 is 0 Å². The van der Waals surface area contributed by atoms with Crippen LogP contribution in [0, 0.1) is 5.92 Å². The van der Waals surface area contributed by atoms with E-state index in [1.165, 1.54) is 12.1 Å². The Bertz CT molecular complexity index is 840. The highest BCUT2D eigenvalue weighted by Crippen LogP contribution is 2.36. The van der Waals surface area contributed by atoms with Gasteiger partial charge in [0, 0.05) is 23.8 Å². The molecule has 2 aromatic rings. The summed E-state index contributed by atoms with van der Waals surface area (Å²) in [4.78, 5) is 1.98. The molecule has 1 saturated heterocycles. The fraction of sp³-hybridized carbons (Fsp3) is 0.294. The minimum Gasteiger partial charge on any atom is -0.505 e. The van der Waals surface area contributed by atoms with E-state index in [-0.39, 0.29) is 26.6 Å². The summed E-state index contributed by atoms with van der Waals surface area (Å²) in [5.41, 5.74) is 1.09. The van der Waals surface area contributed by atoms with Crippen molar-refractivity contribution in [3.63, 3.8) is 0 Å². The number of hydrogen-bond acceptors (Lipinski definition) is 4. The normalized spacial score (nSPS) is 18.1. The first kappa shape index (κ1) is 17.4. The molecule has 0 aromatic heterocycles. The first-order valence-corrected chi connectivity index (χ1v) is 9.98. The molecule has 128 valence electrons. The molecule has 1 heterocycles. The minimum absolute atomic E-state index is 0.00707. The van der Waals surface area contributed by atoms with Gasteiger partial charge in [0.05, 0.1) is 10.8 Å². The molecule has 1 N–H and O–H groups in total. The highest BCUT2D eigenvalue weighted by Gasteiger charge is 2.30. The lowest BCUT2D eigenvalue weighted by atomic mass is 10.2. The number of nitrogens with zero attached hydrogens (tertiary/aromatic N) is 1. The van der Waals surface area contributed by atoms with E-state index in [4.69, 9.17) is 23.2 Å². The summed E-state index contributed by atoms with van der Waals surface area (Å²) < 4.78 is 25.3. The summed E-state index contributed by atoms with van der Waals surface area (Å²) >= 11 is 11.7. The van der Waals surface area contributed by atoms with Crippen LogP contribution in [0.4, 0.5) is 5.69 Å². The van der Waals surface area contributed by atoms with Crippen molar-refractivity contribution in [1.82, 2.24) is 0 Å². The van der Waals surface area contributed by atoms with Gasteiger partial charge in [-0.05, 0) is 36.6 Å². The van der Waals surface area contributed by atoms with Gasteiger partial charge in [0.15, 0.2) is 15.6 Å². The van der Waals surface area contributed by atoms with E-state index in [1.54, 1.807) is 0 Å². The molecule has 0 amide bonds. The van der Waals surface area contributed by atoms with Gasteiger partial charge in [-0.1, -0.05) is 41.4 Å². The van der Waals surface area contributed by atoms with Crippen molar-refractivity contribution in [2.45, 2.75) is 11.3 Å². The lowest BCUT2D eigenvalue weighted by molar-refractivity contribution is 0.458. The van der Waals surface area contributed by atoms with Crippen molar-refractivity contribution in [2.75, 3.05) is 23.7 Å². The molecule has 24 heavy (non-hydrogen) atoms. The number of halogens is 2. The van der Waals surface area contributed by atoms with Crippen molar-refractivity contribution in [3.05, 3.63) is 52.5 Å². The van der Waals surface area contributed by atoms with Crippen LogP contribution >= 0.6 is 23.2 Å². The molecular formula is C17H17Cl2NO3S.